The van der Waals surface area contributed by atoms with Gasteiger partial charge in [-0.1, -0.05) is 30.3 Å². The van der Waals surface area contributed by atoms with Crippen molar-refractivity contribution in [3.05, 3.63) is 78.9 Å². The summed E-state index contributed by atoms with van der Waals surface area (Å²) in [5, 5.41) is 2.69. The molecule has 2 aromatic carbocycles. The highest BCUT2D eigenvalue weighted by Gasteiger charge is 2.20. The summed E-state index contributed by atoms with van der Waals surface area (Å²) in [5.41, 5.74) is 0.694. The third-order valence-electron chi connectivity index (χ3n) is 3.10. The molecule has 0 unspecified atom stereocenters. The molecule has 3 rings (SSSR count). The monoisotopic (exact) mass is 343 g/mol. The first-order valence-corrected chi connectivity index (χ1v) is 8.31. The van der Waals surface area contributed by atoms with Gasteiger partial charge in [0.15, 0.2) is 5.75 Å². The van der Waals surface area contributed by atoms with Gasteiger partial charge >= 0.3 is 10.3 Å². The van der Waals surface area contributed by atoms with E-state index in [1.54, 1.807) is 36.4 Å². The van der Waals surface area contributed by atoms with Crippen molar-refractivity contribution in [2.45, 2.75) is 0 Å². The fourth-order valence-electron chi connectivity index (χ4n) is 1.98. The Bertz CT molecular complexity index is 938. The molecule has 0 bridgehead atoms. The van der Waals surface area contributed by atoms with E-state index in [1.165, 1.54) is 24.5 Å². The maximum atomic E-state index is 12.4. The van der Waals surface area contributed by atoms with Gasteiger partial charge in [0.1, 0.15) is 6.33 Å². The summed E-state index contributed by atoms with van der Waals surface area (Å²) in [4.78, 5) is 16.1. The Labute approximate surface area is 138 Å². The van der Waals surface area contributed by atoms with Crippen molar-refractivity contribution in [2.24, 2.45) is 0 Å². The topological polar surface area (TPSA) is 90.3 Å². The molecule has 3 aromatic rings. The summed E-state index contributed by atoms with van der Waals surface area (Å²) in [5.74, 6) is -0.544. The Morgan fingerprint density at radius 1 is 1.04 bits per heavy atom. The number of amides is 1. The molecule has 0 saturated carbocycles. The Balaban J connectivity index is 1.87. The first-order chi connectivity index (χ1) is 11.6. The highest BCUT2D eigenvalue weighted by atomic mass is 32.2. The third-order valence-corrected chi connectivity index (χ3v) is 4.22. The number of aromatic nitrogens is 2. The van der Waals surface area contributed by atoms with E-state index in [0.717, 1.165) is 10.3 Å². The number of rotatable bonds is 5. The minimum absolute atomic E-state index is 0.0698. The van der Waals surface area contributed by atoms with E-state index in [-0.39, 0.29) is 11.3 Å². The van der Waals surface area contributed by atoms with Crippen molar-refractivity contribution >= 4 is 21.9 Å². The van der Waals surface area contributed by atoms with E-state index in [1.807, 2.05) is 6.07 Å². The molecule has 0 aliphatic heterocycles. The van der Waals surface area contributed by atoms with Crippen LogP contribution in [0.25, 0.3) is 0 Å². The Morgan fingerprint density at radius 3 is 2.46 bits per heavy atom. The zero-order valence-corrected chi connectivity index (χ0v) is 13.2. The van der Waals surface area contributed by atoms with Crippen LogP contribution in [0.2, 0.25) is 0 Å². The summed E-state index contributed by atoms with van der Waals surface area (Å²) in [6.45, 7) is 0. The molecule has 0 atom stereocenters. The van der Waals surface area contributed by atoms with Crippen molar-refractivity contribution in [2.75, 3.05) is 5.32 Å². The van der Waals surface area contributed by atoms with Crippen LogP contribution in [0.15, 0.2) is 73.3 Å². The number of benzene rings is 2. The van der Waals surface area contributed by atoms with E-state index in [4.69, 9.17) is 4.18 Å². The SMILES string of the molecule is O=C(Nc1ccccc1)c1ccccc1OS(=O)(=O)n1ccnc1. The number of carbonyl (C=O) groups is 1. The number of hydrogen-bond acceptors (Lipinski definition) is 5. The molecule has 1 heterocycles. The predicted octanol–water partition coefficient (Wildman–Crippen LogP) is 2.31. The van der Waals surface area contributed by atoms with Gasteiger partial charge < -0.3 is 9.50 Å². The average molecular weight is 343 g/mol. The van der Waals surface area contributed by atoms with Crippen molar-refractivity contribution in [1.82, 2.24) is 8.96 Å². The molecule has 8 heteroatoms. The van der Waals surface area contributed by atoms with Crippen molar-refractivity contribution in [1.29, 1.82) is 0 Å². The minimum atomic E-state index is -4.12. The standard InChI is InChI=1S/C16H13N3O4S/c20-16(18-13-6-2-1-3-7-13)14-8-4-5-9-15(14)23-24(21,22)19-11-10-17-12-19/h1-12H,(H,18,20). The number of nitrogens with zero attached hydrogens (tertiary/aromatic N) is 2. The van der Waals surface area contributed by atoms with Gasteiger partial charge in [-0.05, 0) is 24.3 Å². The fraction of sp³-hybridized carbons (Fsp3) is 0. The molecule has 24 heavy (non-hydrogen) atoms. The van der Waals surface area contributed by atoms with Gasteiger partial charge in [-0.15, -0.1) is 0 Å². The number of anilines is 1. The van der Waals surface area contributed by atoms with Crippen LogP contribution in [-0.4, -0.2) is 23.3 Å². The van der Waals surface area contributed by atoms with Crippen LogP contribution in [0, 0.1) is 0 Å². The van der Waals surface area contributed by atoms with Crippen LogP contribution in [0.5, 0.6) is 5.75 Å². The summed E-state index contributed by atoms with van der Waals surface area (Å²) in [6.07, 6.45) is 3.65. The Kier molecular flexibility index (Phi) is 4.30. The van der Waals surface area contributed by atoms with Crippen molar-refractivity contribution in [3.8, 4) is 5.75 Å². The van der Waals surface area contributed by atoms with Crippen molar-refractivity contribution in [3.63, 3.8) is 0 Å². The maximum Gasteiger partial charge on any atom is 0.414 e. The molecule has 122 valence electrons. The van der Waals surface area contributed by atoms with Crippen LogP contribution in [-0.2, 0) is 10.3 Å². The van der Waals surface area contributed by atoms with Crippen LogP contribution >= 0.6 is 0 Å². The second kappa shape index (κ2) is 6.55. The van der Waals surface area contributed by atoms with E-state index in [9.17, 15) is 13.2 Å². The first kappa shape index (κ1) is 15.8. The van der Waals surface area contributed by atoms with Crippen LogP contribution in [0.1, 0.15) is 10.4 Å². The summed E-state index contributed by atoms with van der Waals surface area (Å²) in [6, 6.07) is 14.9. The lowest BCUT2D eigenvalue weighted by Crippen LogP contribution is -2.20. The molecule has 1 N–H and O–H groups in total. The van der Waals surface area contributed by atoms with Crippen LogP contribution < -0.4 is 9.50 Å². The fourth-order valence-corrected chi connectivity index (χ4v) is 2.81. The lowest BCUT2D eigenvalue weighted by molar-refractivity contribution is 0.102. The highest BCUT2D eigenvalue weighted by molar-refractivity contribution is 7.85. The molecule has 1 amide bonds. The molecule has 7 nitrogen and oxygen atoms in total. The van der Waals surface area contributed by atoms with Gasteiger partial charge in [0, 0.05) is 18.1 Å². The van der Waals surface area contributed by atoms with Gasteiger partial charge in [0.05, 0.1) is 5.56 Å². The number of para-hydroxylation sites is 2. The van der Waals surface area contributed by atoms with Gasteiger partial charge in [0.25, 0.3) is 5.91 Å². The zero-order valence-electron chi connectivity index (χ0n) is 12.4. The molecular weight excluding hydrogens is 330 g/mol. The quantitative estimate of drug-likeness (QED) is 0.768. The van der Waals surface area contributed by atoms with Crippen LogP contribution in [0.3, 0.4) is 0 Å². The van der Waals surface area contributed by atoms with E-state index in [0.29, 0.717) is 5.69 Å². The second-order valence-corrected chi connectivity index (χ2v) is 6.19. The van der Waals surface area contributed by atoms with Crippen LogP contribution in [0.4, 0.5) is 5.69 Å². The van der Waals surface area contributed by atoms with Gasteiger partial charge in [-0.3, -0.25) is 4.79 Å². The highest BCUT2D eigenvalue weighted by Crippen LogP contribution is 2.22. The number of carbonyl (C=O) groups excluding carboxylic acids is 1. The number of nitrogens with one attached hydrogen (secondary N) is 1. The Hall–Kier alpha value is -3.13. The van der Waals surface area contributed by atoms with Crippen molar-refractivity contribution < 1.29 is 17.4 Å². The first-order valence-electron chi connectivity index (χ1n) is 6.94. The van der Waals surface area contributed by atoms with E-state index < -0.39 is 16.2 Å². The number of imidazole rings is 1. The molecule has 1 aromatic heterocycles. The maximum absolute atomic E-state index is 12.4. The zero-order chi connectivity index (χ0) is 17.0. The normalized spacial score (nSPS) is 11.0. The second-order valence-electron chi connectivity index (χ2n) is 4.75. The lowest BCUT2D eigenvalue weighted by Gasteiger charge is -2.11. The average Bonchev–Trinajstić information content (AvgIpc) is 3.11. The third kappa shape index (κ3) is 3.44. The molecule has 0 aliphatic rings. The molecule has 0 radical (unpaired) electrons. The summed E-state index contributed by atoms with van der Waals surface area (Å²) in [7, 11) is -4.12. The van der Waals surface area contributed by atoms with E-state index in [2.05, 4.69) is 10.3 Å². The molecule has 0 saturated heterocycles. The van der Waals surface area contributed by atoms with Gasteiger partial charge in [-0.2, -0.15) is 8.42 Å². The lowest BCUT2D eigenvalue weighted by atomic mass is 10.2. The number of hydrogen-bond donors (Lipinski definition) is 1. The summed E-state index contributed by atoms with van der Waals surface area (Å²) >= 11 is 0. The smallest absolute Gasteiger partial charge is 0.366 e. The molecule has 0 spiro atoms. The summed E-state index contributed by atoms with van der Waals surface area (Å²) < 4.78 is 30.2. The van der Waals surface area contributed by atoms with Gasteiger partial charge in [0.2, 0.25) is 0 Å². The molecular formula is C16H13N3O4S. The minimum Gasteiger partial charge on any atom is -0.366 e. The van der Waals surface area contributed by atoms with E-state index >= 15 is 0 Å². The Morgan fingerprint density at radius 2 is 1.75 bits per heavy atom. The predicted molar refractivity (Wildman–Crippen MR) is 88.0 cm³/mol. The molecule has 0 aliphatic carbocycles. The van der Waals surface area contributed by atoms with Gasteiger partial charge in [-0.25, -0.2) is 8.96 Å². The molecule has 0 fully saturated rings. The largest absolute Gasteiger partial charge is 0.414 e.